The minimum absolute atomic E-state index is 0. The van der Waals surface area contributed by atoms with Crippen LogP contribution in [0.4, 0.5) is 5.69 Å². The lowest BCUT2D eigenvalue weighted by atomic mass is 10.1. The van der Waals surface area contributed by atoms with Crippen molar-refractivity contribution >= 4 is 36.4 Å². The molecule has 6 heteroatoms. The summed E-state index contributed by atoms with van der Waals surface area (Å²) in [6.45, 7) is 0.681. The number of nitrogen functional groups attached to an aromatic ring is 1. The number of pyridine rings is 1. The van der Waals surface area contributed by atoms with E-state index >= 15 is 0 Å². The number of aromatic nitrogens is 1. The summed E-state index contributed by atoms with van der Waals surface area (Å²) in [5.41, 5.74) is 8.10. The van der Waals surface area contributed by atoms with Crippen molar-refractivity contribution < 1.29 is 4.79 Å². The summed E-state index contributed by atoms with van der Waals surface area (Å²) in [4.78, 5) is 16.0. The first-order valence-corrected chi connectivity index (χ1v) is 7.29. The predicted molar refractivity (Wildman–Crippen MR) is 99.5 cm³/mol. The van der Waals surface area contributed by atoms with E-state index in [4.69, 9.17) is 5.73 Å². The first-order chi connectivity index (χ1) is 10.3. The summed E-state index contributed by atoms with van der Waals surface area (Å²) in [5, 5.41) is 2.91. The standard InChI is InChI=1S/C17H21N3O.2ClH/c18-16-10-4-3-9-15(16)17(21)20-12-5-1-2-7-14-8-6-11-19-13-14;;/h3-4,6,8-11,13H,1-2,5,7,12,18H2,(H,20,21);2*1H. The van der Waals surface area contributed by atoms with Crippen LogP contribution in [0.2, 0.25) is 0 Å². The van der Waals surface area contributed by atoms with Crippen LogP contribution in [0, 0.1) is 0 Å². The number of para-hydroxylation sites is 1. The zero-order valence-electron chi connectivity index (χ0n) is 12.9. The Morgan fingerprint density at radius 3 is 2.52 bits per heavy atom. The third-order valence-electron chi connectivity index (χ3n) is 3.36. The molecule has 0 bridgehead atoms. The van der Waals surface area contributed by atoms with E-state index in [9.17, 15) is 4.79 Å². The lowest BCUT2D eigenvalue weighted by Crippen LogP contribution is -2.25. The summed E-state index contributed by atoms with van der Waals surface area (Å²) < 4.78 is 0. The van der Waals surface area contributed by atoms with Crippen molar-refractivity contribution in [2.45, 2.75) is 25.7 Å². The molecule has 0 aliphatic carbocycles. The van der Waals surface area contributed by atoms with Crippen molar-refractivity contribution in [3.05, 3.63) is 59.9 Å². The number of amides is 1. The Balaban J connectivity index is 0.00000242. The van der Waals surface area contributed by atoms with Gasteiger partial charge in [-0.2, -0.15) is 0 Å². The highest BCUT2D eigenvalue weighted by Gasteiger charge is 2.07. The first kappa shape index (κ1) is 21.2. The molecule has 0 atom stereocenters. The molecule has 0 radical (unpaired) electrons. The van der Waals surface area contributed by atoms with Crippen molar-refractivity contribution in [2.75, 3.05) is 12.3 Å². The number of carbonyl (C=O) groups excluding carboxylic acids is 1. The summed E-state index contributed by atoms with van der Waals surface area (Å²) in [7, 11) is 0. The molecule has 0 fully saturated rings. The predicted octanol–water partition coefficient (Wildman–Crippen LogP) is 3.65. The van der Waals surface area contributed by atoms with E-state index in [1.165, 1.54) is 5.56 Å². The van der Waals surface area contributed by atoms with E-state index in [-0.39, 0.29) is 30.7 Å². The van der Waals surface area contributed by atoms with Crippen LogP contribution in [-0.2, 0) is 6.42 Å². The molecule has 1 aromatic heterocycles. The molecule has 2 rings (SSSR count). The largest absolute Gasteiger partial charge is 0.398 e. The Kier molecular flexibility index (Phi) is 10.8. The Bertz CT molecular complexity index is 579. The Morgan fingerprint density at radius 2 is 1.83 bits per heavy atom. The van der Waals surface area contributed by atoms with Gasteiger partial charge in [-0.1, -0.05) is 24.6 Å². The molecule has 2 aromatic rings. The van der Waals surface area contributed by atoms with E-state index < -0.39 is 0 Å². The Morgan fingerprint density at radius 1 is 1.04 bits per heavy atom. The molecule has 0 unspecified atom stereocenters. The highest BCUT2D eigenvalue weighted by atomic mass is 35.5. The number of hydrogen-bond acceptors (Lipinski definition) is 3. The Hall–Kier alpha value is -1.78. The smallest absolute Gasteiger partial charge is 0.253 e. The maximum Gasteiger partial charge on any atom is 0.253 e. The molecular weight excluding hydrogens is 333 g/mol. The van der Waals surface area contributed by atoms with Gasteiger partial charge >= 0.3 is 0 Å². The van der Waals surface area contributed by atoms with Crippen molar-refractivity contribution in [3.8, 4) is 0 Å². The van der Waals surface area contributed by atoms with Gasteiger partial charge in [-0.25, -0.2) is 0 Å². The SMILES string of the molecule is Cl.Cl.Nc1ccccc1C(=O)NCCCCCc1cccnc1. The van der Waals surface area contributed by atoms with Gasteiger partial charge in [0.25, 0.3) is 5.91 Å². The third-order valence-corrected chi connectivity index (χ3v) is 3.36. The minimum Gasteiger partial charge on any atom is -0.398 e. The zero-order chi connectivity index (χ0) is 14.9. The molecule has 1 aromatic carbocycles. The summed E-state index contributed by atoms with van der Waals surface area (Å²) in [6.07, 6.45) is 7.88. The van der Waals surface area contributed by atoms with Crippen molar-refractivity contribution in [3.63, 3.8) is 0 Å². The average Bonchev–Trinajstić information content (AvgIpc) is 2.52. The van der Waals surface area contributed by atoms with Crippen LogP contribution in [0.3, 0.4) is 0 Å². The molecule has 0 saturated carbocycles. The molecule has 1 heterocycles. The number of benzene rings is 1. The number of halogens is 2. The number of rotatable bonds is 7. The van der Waals surface area contributed by atoms with Crippen LogP contribution < -0.4 is 11.1 Å². The summed E-state index contributed by atoms with van der Waals surface area (Å²) >= 11 is 0. The van der Waals surface area contributed by atoms with Crippen molar-refractivity contribution in [1.82, 2.24) is 10.3 Å². The highest BCUT2D eigenvalue weighted by molar-refractivity contribution is 5.99. The van der Waals surface area contributed by atoms with Gasteiger partial charge in [0.2, 0.25) is 0 Å². The fourth-order valence-electron chi connectivity index (χ4n) is 2.18. The van der Waals surface area contributed by atoms with E-state index in [1.807, 2.05) is 24.4 Å². The normalized spacial score (nSPS) is 9.39. The number of anilines is 1. The van der Waals surface area contributed by atoms with E-state index in [2.05, 4.69) is 16.4 Å². The van der Waals surface area contributed by atoms with Gasteiger partial charge in [-0.05, 0) is 43.0 Å². The van der Waals surface area contributed by atoms with Crippen LogP contribution in [0.15, 0.2) is 48.8 Å². The lowest BCUT2D eigenvalue weighted by molar-refractivity contribution is 0.0954. The van der Waals surface area contributed by atoms with Crippen molar-refractivity contribution in [1.29, 1.82) is 0 Å². The number of nitrogens with two attached hydrogens (primary N) is 1. The maximum atomic E-state index is 11.9. The number of hydrogen-bond donors (Lipinski definition) is 2. The molecule has 0 aliphatic heterocycles. The summed E-state index contributed by atoms with van der Waals surface area (Å²) in [6, 6.07) is 11.2. The van der Waals surface area contributed by atoms with Crippen LogP contribution in [-0.4, -0.2) is 17.4 Å². The van der Waals surface area contributed by atoms with Gasteiger partial charge in [-0.15, -0.1) is 24.8 Å². The van der Waals surface area contributed by atoms with E-state index in [1.54, 1.807) is 18.3 Å². The van der Waals surface area contributed by atoms with Crippen LogP contribution in [0.5, 0.6) is 0 Å². The van der Waals surface area contributed by atoms with E-state index in [0.29, 0.717) is 17.8 Å². The Labute approximate surface area is 149 Å². The molecule has 0 saturated heterocycles. The minimum atomic E-state index is -0.0969. The van der Waals surface area contributed by atoms with E-state index in [0.717, 1.165) is 25.7 Å². The van der Waals surface area contributed by atoms with Gasteiger partial charge < -0.3 is 11.1 Å². The topological polar surface area (TPSA) is 68.0 Å². The number of carbonyl (C=O) groups is 1. The quantitative estimate of drug-likeness (QED) is 0.588. The molecular formula is C17H23Cl2N3O. The fourth-order valence-corrected chi connectivity index (χ4v) is 2.18. The summed E-state index contributed by atoms with van der Waals surface area (Å²) in [5.74, 6) is -0.0969. The van der Waals surface area contributed by atoms with Gasteiger partial charge in [0.15, 0.2) is 0 Å². The molecule has 126 valence electrons. The first-order valence-electron chi connectivity index (χ1n) is 7.29. The molecule has 1 amide bonds. The fraction of sp³-hybridized carbons (Fsp3) is 0.294. The van der Waals surface area contributed by atoms with Gasteiger partial charge in [-0.3, -0.25) is 9.78 Å². The second kappa shape index (κ2) is 11.7. The number of nitrogens with zero attached hydrogens (tertiary/aromatic N) is 1. The molecule has 3 N–H and O–H groups in total. The number of aryl methyl sites for hydroxylation is 1. The molecule has 4 nitrogen and oxygen atoms in total. The van der Waals surface area contributed by atoms with Crippen molar-refractivity contribution in [2.24, 2.45) is 0 Å². The maximum absolute atomic E-state index is 11.9. The number of unbranched alkanes of at least 4 members (excludes halogenated alkanes) is 2. The monoisotopic (exact) mass is 355 g/mol. The molecule has 23 heavy (non-hydrogen) atoms. The van der Waals surface area contributed by atoms with Gasteiger partial charge in [0.1, 0.15) is 0 Å². The van der Waals surface area contributed by atoms with Crippen LogP contribution in [0.1, 0.15) is 35.2 Å². The third kappa shape index (κ3) is 7.35. The van der Waals surface area contributed by atoms with Gasteiger partial charge in [0.05, 0.1) is 5.56 Å². The highest BCUT2D eigenvalue weighted by Crippen LogP contribution is 2.10. The van der Waals surface area contributed by atoms with Crippen LogP contribution >= 0.6 is 24.8 Å². The average molecular weight is 356 g/mol. The lowest BCUT2D eigenvalue weighted by Gasteiger charge is -2.07. The molecule has 0 spiro atoms. The number of nitrogens with one attached hydrogen (secondary N) is 1. The molecule has 0 aliphatic rings. The van der Waals surface area contributed by atoms with Crippen LogP contribution in [0.25, 0.3) is 0 Å². The zero-order valence-corrected chi connectivity index (χ0v) is 14.5. The second-order valence-corrected chi connectivity index (χ2v) is 5.02. The van der Waals surface area contributed by atoms with Gasteiger partial charge in [0, 0.05) is 24.6 Å². The second-order valence-electron chi connectivity index (χ2n) is 5.02.